The maximum atomic E-state index is 11.9. The number of esters is 2. The van der Waals surface area contributed by atoms with Crippen LogP contribution in [0.1, 0.15) is 20.7 Å². The quantitative estimate of drug-likeness (QED) is 0.621. The first-order valence-electron chi connectivity index (χ1n) is 5.35. The minimum Gasteiger partial charge on any atom is -0.386 e. The van der Waals surface area contributed by atoms with Crippen molar-refractivity contribution in [2.75, 3.05) is 0 Å². The van der Waals surface area contributed by atoms with Gasteiger partial charge in [0, 0.05) is 0 Å². The highest BCUT2D eigenvalue weighted by Gasteiger charge is 2.20. The van der Waals surface area contributed by atoms with E-state index in [-0.39, 0.29) is 21.2 Å². The molecule has 0 saturated heterocycles. The summed E-state index contributed by atoms with van der Waals surface area (Å²) in [5, 5.41) is 0.275. The van der Waals surface area contributed by atoms with E-state index in [0.717, 1.165) is 0 Å². The molecule has 0 aromatic heterocycles. The van der Waals surface area contributed by atoms with Crippen LogP contribution in [0.3, 0.4) is 0 Å². The summed E-state index contributed by atoms with van der Waals surface area (Å²) in [4.78, 5) is 23.6. The first-order valence-corrected chi connectivity index (χ1v) is 6.11. The van der Waals surface area contributed by atoms with Gasteiger partial charge in [0.15, 0.2) is 0 Å². The van der Waals surface area contributed by atoms with E-state index in [4.69, 9.17) is 27.9 Å². The second kappa shape index (κ2) is 5.87. The average Bonchev–Trinajstić information content (AvgIpc) is 2.39. The van der Waals surface area contributed by atoms with Crippen LogP contribution in [-0.4, -0.2) is 11.9 Å². The van der Waals surface area contributed by atoms with E-state index in [9.17, 15) is 9.59 Å². The van der Waals surface area contributed by atoms with Gasteiger partial charge < -0.3 is 4.74 Å². The molecule has 96 valence electrons. The lowest BCUT2D eigenvalue weighted by molar-refractivity contribution is 0.0398. The van der Waals surface area contributed by atoms with E-state index in [2.05, 4.69) is 0 Å². The number of carbonyl (C=O) groups excluding carboxylic acids is 2. The van der Waals surface area contributed by atoms with Crippen LogP contribution in [0.15, 0.2) is 48.5 Å². The highest BCUT2D eigenvalue weighted by Crippen LogP contribution is 2.25. The Morgan fingerprint density at radius 1 is 0.789 bits per heavy atom. The fraction of sp³-hybridized carbons (Fsp3) is 0. The van der Waals surface area contributed by atoms with E-state index >= 15 is 0 Å². The fourth-order valence-electron chi connectivity index (χ4n) is 1.46. The number of hydrogen-bond acceptors (Lipinski definition) is 3. The standard InChI is InChI=1S/C14H8Cl2O3/c15-10-7-4-8-11(16)12(10)14(18)19-13(17)9-5-2-1-3-6-9/h1-8H. The van der Waals surface area contributed by atoms with Gasteiger partial charge in [-0.05, 0) is 24.3 Å². The Morgan fingerprint density at radius 3 is 1.95 bits per heavy atom. The predicted octanol–water partition coefficient (Wildman–Crippen LogP) is 3.99. The van der Waals surface area contributed by atoms with Crippen molar-refractivity contribution < 1.29 is 14.3 Å². The molecule has 0 bridgehead atoms. The third-order valence-corrected chi connectivity index (χ3v) is 2.99. The minimum absolute atomic E-state index is 0.0184. The molecule has 19 heavy (non-hydrogen) atoms. The lowest BCUT2D eigenvalue weighted by atomic mass is 10.2. The smallest absolute Gasteiger partial charge is 0.349 e. The molecule has 0 aliphatic rings. The zero-order chi connectivity index (χ0) is 13.8. The molecule has 0 fully saturated rings. The van der Waals surface area contributed by atoms with Crippen LogP contribution in [0.5, 0.6) is 0 Å². The van der Waals surface area contributed by atoms with Crippen LogP contribution >= 0.6 is 23.2 Å². The summed E-state index contributed by atoms with van der Waals surface area (Å²) in [6.45, 7) is 0. The van der Waals surface area contributed by atoms with E-state index < -0.39 is 11.9 Å². The molecule has 0 radical (unpaired) electrons. The monoisotopic (exact) mass is 294 g/mol. The van der Waals surface area contributed by atoms with E-state index in [1.807, 2.05) is 0 Å². The van der Waals surface area contributed by atoms with Crippen molar-refractivity contribution in [1.82, 2.24) is 0 Å². The van der Waals surface area contributed by atoms with Crippen molar-refractivity contribution in [3.05, 3.63) is 69.7 Å². The van der Waals surface area contributed by atoms with E-state index in [1.165, 1.54) is 12.1 Å². The summed E-state index contributed by atoms with van der Waals surface area (Å²) in [6, 6.07) is 12.8. The lowest BCUT2D eigenvalue weighted by Crippen LogP contribution is -2.13. The number of carbonyl (C=O) groups is 2. The Balaban J connectivity index is 2.21. The van der Waals surface area contributed by atoms with Crippen molar-refractivity contribution in [3.8, 4) is 0 Å². The van der Waals surface area contributed by atoms with Gasteiger partial charge in [0.05, 0.1) is 21.2 Å². The third kappa shape index (κ3) is 3.13. The largest absolute Gasteiger partial charge is 0.386 e. The maximum Gasteiger partial charge on any atom is 0.349 e. The molecule has 0 saturated carbocycles. The Hall–Kier alpha value is -1.84. The van der Waals surface area contributed by atoms with Crippen LogP contribution in [-0.2, 0) is 4.74 Å². The summed E-state index contributed by atoms with van der Waals surface area (Å²) >= 11 is 11.7. The van der Waals surface area contributed by atoms with Crippen LogP contribution in [0.2, 0.25) is 10.0 Å². The Morgan fingerprint density at radius 2 is 1.37 bits per heavy atom. The predicted molar refractivity (Wildman–Crippen MR) is 72.7 cm³/mol. The molecule has 0 heterocycles. The van der Waals surface area contributed by atoms with Gasteiger partial charge >= 0.3 is 11.9 Å². The van der Waals surface area contributed by atoms with Gasteiger partial charge in [0.25, 0.3) is 0 Å². The van der Waals surface area contributed by atoms with Crippen molar-refractivity contribution in [1.29, 1.82) is 0 Å². The van der Waals surface area contributed by atoms with Crippen LogP contribution in [0.25, 0.3) is 0 Å². The van der Waals surface area contributed by atoms with Gasteiger partial charge in [-0.25, -0.2) is 9.59 Å². The molecule has 2 aromatic rings. The summed E-state index contributed by atoms with van der Waals surface area (Å²) in [5.74, 6) is -1.62. The summed E-state index contributed by atoms with van der Waals surface area (Å²) in [6.07, 6.45) is 0. The molecule has 2 rings (SSSR count). The van der Waals surface area contributed by atoms with Gasteiger partial charge in [-0.3, -0.25) is 0 Å². The lowest BCUT2D eigenvalue weighted by Gasteiger charge is -2.06. The van der Waals surface area contributed by atoms with Crippen molar-refractivity contribution in [2.24, 2.45) is 0 Å². The minimum atomic E-state index is -0.871. The molecule has 0 amide bonds. The highest BCUT2D eigenvalue weighted by molar-refractivity contribution is 6.39. The molecule has 0 unspecified atom stereocenters. The number of hydrogen-bond donors (Lipinski definition) is 0. The first-order chi connectivity index (χ1) is 9.09. The number of benzene rings is 2. The zero-order valence-corrected chi connectivity index (χ0v) is 11.1. The molecule has 0 spiro atoms. The number of halogens is 2. The summed E-state index contributed by atoms with van der Waals surface area (Å²) < 4.78 is 4.74. The van der Waals surface area contributed by atoms with Gasteiger partial charge in [0.2, 0.25) is 0 Å². The molecule has 2 aromatic carbocycles. The number of rotatable bonds is 2. The molecule has 3 nitrogen and oxygen atoms in total. The van der Waals surface area contributed by atoms with Crippen molar-refractivity contribution >= 4 is 35.1 Å². The van der Waals surface area contributed by atoms with Crippen LogP contribution in [0, 0.1) is 0 Å². The van der Waals surface area contributed by atoms with Gasteiger partial charge in [-0.1, -0.05) is 47.5 Å². The van der Waals surface area contributed by atoms with Gasteiger partial charge in [0.1, 0.15) is 0 Å². The Bertz CT molecular complexity index is 604. The summed E-state index contributed by atoms with van der Waals surface area (Å²) in [5.41, 5.74) is 0.258. The fourth-order valence-corrected chi connectivity index (χ4v) is 2.01. The number of ether oxygens (including phenoxy) is 1. The molecule has 0 N–H and O–H groups in total. The molecule has 0 aliphatic heterocycles. The van der Waals surface area contributed by atoms with Gasteiger partial charge in [-0.15, -0.1) is 0 Å². The third-order valence-electron chi connectivity index (χ3n) is 2.36. The second-order valence-corrected chi connectivity index (χ2v) is 4.45. The second-order valence-electron chi connectivity index (χ2n) is 3.64. The molecule has 5 heteroatoms. The van der Waals surface area contributed by atoms with E-state index in [1.54, 1.807) is 36.4 Å². The first kappa shape index (κ1) is 13.6. The normalized spacial score (nSPS) is 10.0. The molecule has 0 atom stereocenters. The van der Waals surface area contributed by atoms with Crippen LogP contribution < -0.4 is 0 Å². The Kier molecular flexibility index (Phi) is 4.20. The van der Waals surface area contributed by atoms with E-state index in [0.29, 0.717) is 0 Å². The molecular weight excluding hydrogens is 287 g/mol. The topological polar surface area (TPSA) is 43.4 Å². The average molecular weight is 295 g/mol. The van der Waals surface area contributed by atoms with Crippen LogP contribution in [0.4, 0.5) is 0 Å². The Labute approximate surface area is 119 Å². The van der Waals surface area contributed by atoms with Gasteiger partial charge in [-0.2, -0.15) is 0 Å². The molecule has 0 aliphatic carbocycles. The molecular formula is C14H8Cl2O3. The SMILES string of the molecule is O=C(OC(=O)c1c(Cl)cccc1Cl)c1ccccc1. The summed E-state index contributed by atoms with van der Waals surface area (Å²) in [7, 11) is 0. The van der Waals surface area contributed by atoms with Crippen molar-refractivity contribution in [3.63, 3.8) is 0 Å². The maximum absolute atomic E-state index is 11.9. The van der Waals surface area contributed by atoms with Crippen molar-refractivity contribution in [2.45, 2.75) is 0 Å². The highest BCUT2D eigenvalue weighted by atomic mass is 35.5. The zero-order valence-electron chi connectivity index (χ0n) is 9.60.